The highest BCUT2D eigenvalue weighted by molar-refractivity contribution is 5.13. The molecule has 18 heavy (non-hydrogen) atoms. The van der Waals surface area contributed by atoms with Crippen LogP contribution in [0, 0.1) is 6.92 Å². The Morgan fingerprint density at radius 1 is 1.56 bits per heavy atom. The van der Waals surface area contributed by atoms with E-state index in [2.05, 4.69) is 21.9 Å². The molecule has 0 saturated carbocycles. The van der Waals surface area contributed by atoms with E-state index in [1.54, 1.807) is 0 Å². The summed E-state index contributed by atoms with van der Waals surface area (Å²) in [5.74, 6) is 0.789. The van der Waals surface area contributed by atoms with Gasteiger partial charge in [0.2, 0.25) is 0 Å². The second-order valence-electron chi connectivity index (χ2n) is 5.16. The average molecular weight is 250 g/mol. The minimum absolute atomic E-state index is 0.0181. The highest BCUT2D eigenvalue weighted by Gasteiger charge is 2.22. The monoisotopic (exact) mass is 250 g/mol. The molecule has 1 aliphatic heterocycles. The number of nitrogens with zero attached hydrogens (tertiary/aromatic N) is 3. The van der Waals surface area contributed by atoms with Crippen molar-refractivity contribution in [3.8, 4) is 0 Å². The Labute approximate surface area is 108 Å². The Morgan fingerprint density at radius 2 is 2.33 bits per heavy atom. The Bertz CT molecular complexity index is 408. The minimum atomic E-state index is -0.0181. The zero-order valence-corrected chi connectivity index (χ0v) is 11.4. The first kappa shape index (κ1) is 13.4. The molecule has 2 N–H and O–H groups in total. The van der Waals surface area contributed by atoms with Gasteiger partial charge in [-0.15, -0.1) is 0 Å². The molecule has 0 aliphatic carbocycles. The molecule has 1 fully saturated rings. The summed E-state index contributed by atoms with van der Waals surface area (Å²) >= 11 is 0. The Balaban J connectivity index is 2.18. The fourth-order valence-corrected chi connectivity index (χ4v) is 2.17. The maximum atomic E-state index is 5.83. The molecule has 100 valence electrons. The van der Waals surface area contributed by atoms with Crippen molar-refractivity contribution in [2.75, 3.05) is 26.7 Å². The normalized spacial score (nSPS) is 23.0. The minimum Gasteiger partial charge on any atom is -0.368 e. The maximum absolute atomic E-state index is 5.83. The number of rotatable bonds is 3. The summed E-state index contributed by atoms with van der Waals surface area (Å²) in [6.07, 6.45) is 0.759. The predicted octanol–water partition coefficient (Wildman–Crippen LogP) is 0.678. The van der Waals surface area contributed by atoms with Gasteiger partial charge in [-0.05, 0) is 27.0 Å². The molecule has 5 nitrogen and oxygen atoms in total. The summed E-state index contributed by atoms with van der Waals surface area (Å²) < 4.78 is 5.75. The van der Waals surface area contributed by atoms with Gasteiger partial charge in [0.05, 0.1) is 6.61 Å². The Kier molecular flexibility index (Phi) is 4.27. The molecule has 0 amide bonds. The largest absolute Gasteiger partial charge is 0.368 e. The molecule has 1 saturated heterocycles. The van der Waals surface area contributed by atoms with Crippen molar-refractivity contribution in [2.24, 2.45) is 5.73 Å². The first-order valence-electron chi connectivity index (χ1n) is 6.45. The SMILES string of the molecule is Cc1cc(CC(C)N)nc(C2CN(C)CCO2)n1. The highest BCUT2D eigenvalue weighted by atomic mass is 16.5. The molecule has 2 unspecified atom stereocenters. The third kappa shape index (κ3) is 3.48. The molecule has 1 aliphatic rings. The van der Waals surface area contributed by atoms with E-state index < -0.39 is 0 Å². The van der Waals surface area contributed by atoms with Gasteiger partial charge < -0.3 is 15.4 Å². The topological polar surface area (TPSA) is 64.3 Å². The van der Waals surface area contributed by atoms with Crippen molar-refractivity contribution >= 4 is 0 Å². The van der Waals surface area contributed by atoms with E-state index in [9.17, 15) is 0 Å². The summed E-state index contributed by atoms with van der Waals surface area (Å²) in [7, 11) is 2.09. The van der Waals surface area contributed by atoms with Crippen LogP contribution in [0.3, 0.4) is 0 Å². The summed E-state index contributed by atoms with van der Waals surface area (Å²) in [5, 5.41) is 0. The van der Waals surface area contributed by atoms with Crippen molar-refractivity contribution in [1.82, 2.24) is 14.9 Å². The Morgan fingerprint density at radius 3 is 3.00 bits per heavy atom. The van der Waals surface area contributed by atoms with Crippen LogP contribution >= 0.6 is 0 Å². The molecule has 0 bridgehead atoms. The lowest BCUT2D eigenvalue weighted by Gasteiger charge is -2.29. The molecule has 0 spiro atoms. The van der Waals surface area contributed by atoms with Crippen LogP contribution in [0.15, 0.2) is 6.07 Å². The smallest absolute Gasteiger partial charge is 0.158 e. The lowest BCUT2D eigenvalue weighted by molar-refractivity contribution is -0.0256. The molecule has 1 aromatic heterocycles. The van der Waals surface area contributed by atoms with Crippen molar-refractivity contribution in [3.63, 3.8) is 0 Å². The van der Waals surface area contributed by atoms with Crippen LogP contribution in [0.25, 0.3) is 0 Å². The van der Waals surface area contributed by atoms with Crippen LogP contribution in [0.1, 0.15) is 30.2 Å². The molecule has 5 heteroatoms. The lowest BCUT2D eigenvalue weighted by Crippen LogP contribution is -2.36. The number of hydrogen-bond acceptors (Lipinski definition) is 5. The molecule has 0 radical (unpaired) electrons. The van der Waals surface area contributed by atoms with E-state index in [1.165, 1.54) is 0 Å². The zero-order chi connectivity index (χ0) is 13.1. The van der Waals surface area contributed by atoms with Crippen LogP contribution in [-0.2, 0) is 11.2 Å². The number of morpholine rings is 1. The standard InChI is InChI=1S/C13H22N4O/c1-9(14)6-11-7-10(2)15-13(16-11)12-8-17(3)4-5-18-12/h7,9,12H,4-6,8,14H2,1-3H3. The number of hydrogen-bond donors (Lipinski definition) is 1. The summed E-state index contributed by atoms with van der Waals surface area (Å²) in [6.45, 7) is 6.53. The zero-order valence-electron chi connectivity index (χ0n) is 11.4. The van der Waals surface area contributed by atoms with Gasteiger partial charge in [-0.3, -0.25) is 0 Å². The number of ether oxygens (including phenoxy) is 1. The number of aromatic nitrogens is 2. The lowest BCUT2D eigenvalue weighted by atomic mass is 10.1. The van der Waals surface area contributed by atoms with E-state index in [-0.39, 0.29) is 12.1 Å². The second kappa shape index (κ2) is 5.73. The van der Waals surface area contributed by atoms with Gasteiger partial charge >= 0.3 is 0 Å². The quantitative estimate of drug-likeness (QED) is 0.854. The molecule has 2 heterocycles. The van der Waals surface area contributed by atoms with Crippen LogP contribution in [0.4, 0.5) is 0 Å². The van der Waals surface area contributed by atoms with Gasteiger partial charge in [0.1, 0.15) is 6.10 Å². The van der Waals surface area contributed by atoms with Crippen LogP contribution in [-0.4, -0.2) is 47.7 Å². The van der Waals surface area contributed by atoms with E-state index in [1.807, 2.05) is 19.9 Å². The van der Waals surface area contributed by atoms with E-state index >= 15 is 0 Å². The third-order valence-corrected chi connectivity index (χ3v) is 3.01. The number of aryl methyl sites for hydroxylation is 1. The van der Waals surface area contributed by atoms with E-state index in [0.717, 1.165) is 43.3 Å². The van der Waals surface area contributed by atoms with Gasteiger partial charge in [0.25, 0.3) is 0 Å². The van der Waals surface area contributed by atoms with Crippen LogP contribution in [0.5, 0.6) is 0 Å². The summed E-state index contributed by atoms with van der Waals surface area (Å²) in [6, 6.07) is 2.11. The van der Waals surface area contributed by atoms with Crippen molar-refractivity contribution in [1.29, 1.82) is 0 Å². The molecule has 1 aromatic rings. The number of nitrogens with two attached hydrogens (primary N) is 1. The van der Waals surface area contributed by atoms with Gasteiger partial charge in [0.15, 0.2) is 5.82 Å². The Hall–Kier alpha value is -1.04. The van der Waals surface area contributed by atoms with Crippen molar-refractivity contribution in [2.45, 2.75) is 32.4 Å². The van der Waals surface area contributed by atoms with Crippen LogP contribution in [0.2, 0.25) is 0 Å². The van der Waals surface area contributed by atoms with Crippen LogP contribution < -0.4 is 5.73 Å². The average Bonchev–Trinajstić information content (AvgIpc) is 2.27. The first-order valence-corrected chi connectivity index (χ1v) is 6.45. The van der Waals surface area contributed by atoms with Gasteiger partial charge in [-0.2, -0.15) is 0 Å². The predicted molar refractivity (Wildman–Crippen MR) is 70.3 cm³/mol. The molecule has 2 rings (SSSR count). The molecule has 2 atom stereocenters. The van der Waals surface area contributed by atoms with Crippen molar-refractivity contribution < 1.29 is 4.74 Å². The van der Waals surface area contributed by atoms with Gasteiger partial charge in [-0.25, -0.2) is 9.97 Å². The molecular formula is C13H22N4O. The highest BCUT2D eigenvalue weighted by Crippen LogP contribution is 2.19. The maximum Gasteiger partial charge on any atom is 0.158 e. The fraction of sp³-hybridized carbons (Fsp3) is 0.692. The fourth-order valence-electron chi connectivity index (χ4n) is 2.17. The summed E-state index contributed by atoms with van der Waals surface area (Å²) in [4.78, 5) is 11.3. The third-order valence-electron chi connectivity index (χ3n) is 3.01. The number of likely N-dealkylation sites (N-methyl/N-ethyl adjacent to an activating group) is 1. The van der Waals surface area contributed by atoms with E-state index in [0.29, 0.717) is 0 Å². The van der Waals surface area contributed by atoms with Gasteiger partial charge in [-0.1, -0.05) is 0 Å². The second-order valence-corrected chi connectivity index (χ2v) is 5.16. The molecule has 0 aromatic carbocycles. The van der Waals surface area contributed by atoms with Gasteiger partial charge in [0, 0.05) is 36.9 Å². The molecular weight excluding hydrogens is 228 g/mol. The van der Waals surface area contributed by atoms with Crippen molar-refractivity contribution in [3.05, 3.63) is 23.3 Å². The summed E-state index contributed by atoms with van der Waals surface area (Å²) in [5.41, 5.74) is 7.81. The first-order chi connectivity index (χ1) is 8.54. The van der Waals surface area contributed by atoms with E-state index in [4.69, 9.17) is 10.5 Å².